The zero-order valence-electron chi connectivity index (χ0n) is 16.2. The molecule has 144 valence electrons. The van der Waals surface area contributed by atoms with E-state index >= 15 is 0 Å². The Kier molecular flexibility index (Phi) is 7.07. The molecule has 1 unspecified atom stereocenters. The van der Waals surface area contributed by atoms with Crippen molar-refractivity contribution in [1.82, 2.24) is 5.32 Å². The first-order valence-corrected chi connectivity index (χ1v) is 8.98. The Morgan fingerprint density at radius 1 is 1.11 bits per heavy atom. The molecule has 2 rings (SSSR count). The lowest BCUT2D eigenvalue weighted by atomic mass is 10.1. The molecule has 0 saturated carbocycles. The average Bonchev–Trinajstić information content (AvgIpc) is 2.62. The summed E-state index contributed by atoms with van der Waals surface area (Å²) >= 11 is 0. The van der Waals surface area contributed by atoms with E-state index in [4.69, 9.17) is 0 Å². The molecule has 2 amide bonds. The van der Waals surface area contributed by atoms with Crippen LogP contribution in [0.15, 0.2) is 42.5 Å². The quantitative estimate of drug-likeness (QED) is 0.691. The number of quaternary nitrogens is 1. The standard InChI is InChI=1S/C21H26FN3O2/c1-14-7-5-8-15(2)20(14)24-19(26)12-23-21(27)16(3)25(4)13-17-9-6-10-18(22)11-17/h5-11,16H,12-13H2,1-4H3,(H,23,27)(H,24,26)/p+1/t16-/m1/s1. The fraction of sp³-hybridized carbons (Fsp3) is 0.333. The van der Waals surface area contributed by atoms with Crippen LogP contribution in [0.3, 0.4) is 0 Å². The van der Waals surface area contributed by atoms with Gasteiger partial charge in [0, 0.05) is 11.3 Å². The summed E-state index contributed by atoms with van der Waals surface area (Å²) in [6.45, 7) is 6.06. The van der Waals surface area contributed by atoms with Crippen LogP contribution >= 0.6 is 0 Å². The molecular formula is C21H27FN3O2+. The highest BCUT2D eigenvalue weighted by molar-refractivity contribution is 5.96. The maximum atomic E-state index is 13.3. The fourth-order valence-corrected chi connectivity index (χ4v) is 2.86. The Balaban J connectivity index is 1.86. The molecular weight excluding hydrogens is 345 g/mol. The molecule has 0 aliphatic heterocycles. The fourth-order valence-electron chi connectivity index (χ4n) is 2.86. The molecule has 0 spiro atoms. The van der Waals surface area contributed by atoms with Crippen molar-refractivity contribution in [2.45, 2.75) is 33.4 Å². The van der Waals surface area contributed by atoms with E-state index in [2.05, 4.69) is 10.6 Å². The second kappa shape index (κ2) is 9.28. The molecule has 2 atom stereocenters. The van der Waals surface area contributed by atoms with Crippen molar-refractivity contribution in [3.05, 3.63) is 65.0 Å². The lowest BCUT2D eigenvalue weighted by molar-refractivity contribution is -0.908. The van der Waals surface area contributed by atoms with E-state index in [1.807, 2.05) is 45.2 Å². The van der Waals surface area contributed by atoms with Crippen molar-refractivity contribution < 1.29 is 18.9 Å². The maximum absolute atomic E-state index is 13.3. The number of aryl methyl sites for hydroxylation is 2. The molecule has 0 aromatic heterocycles. The number of halogens is 1. The van der Waals surface area contributed by atoms with Gasteiger partial charge >= 0.3 is 0 Å². The third-order valence-electron chi connectivity index (χ3n) is 4.67. The van der Waals surface area contributed by atoms with Gasteiger partial charge in [-0.1, -0.05) is 30.3 Å². The zero-order valence-corrected chi connectivity index (χ0v) is 16.2. The predicted octanol–water partition coefficient (Wildman–Crippen LogP) is 1.60. The van der Waals surface area contributed by atoms with Crippen molar-refractivity contribution in [3.8, 4) is 0 Å². The van der Waals surface area contributed by atoms with Gasteiger partial charge < -0.3 is 15.5 Å². The number of carbonyl (C=O) groups excluding carboxylic acids is 2. The van der Waals surface area contributed by atoms with E-state index in [0.29, 0.717) is 6.54 Å². The Bertz CT molecular complexity index is 803. The zero-order chi connectivity index (χ0) is 20.0. The number of nitrogens with one attached hydrogen (secondary N) is 3. The van der Waals surface area contributed by atoms with Gasteiger partial charge in [0.25, 0.3) is 5.91 Å². The molecule has 6 heteroatoms. The number of hydrogen-bond acceptors (Lipinski definition) is 2. The Labute approximate surface area is 159 Å². The van der Waals surface area contributed by atoms with Crippen LogP contribution in [-0.2, 0) is 16.1 Å². The normalized spacial score (nSPS) is 12.9. The lowest BCUT2D eigenvalue weighted by Crippen LogP contribution is -3.12. The summed E-state index contributed by atoms with van der Waals surface area (Å²) in [5.41, 5.74) is 3.54. The monoisotopic (exact) mass is 372 g/mol. The minimum absolute atomic E-state index is 0.0931. The molecule has 0 heterocycles. The van der Waals surface area contributed by atoms with Gasteiger partial charge in [0.2, 0.25) is 5.91 Å². The van der Waals surface area contributed by atoms with Gasteiger partial charge in [0.05, 0.1) is 13.6 Å². The summed E-state index contributed by atoms with van der Waals surface area (Å²) in [6, 6.07) is 11.7. The molecule has 0 saturated heterocycles. The van der Waals surface area contributed by atoms with Crippen LogP contribution in [0.5, 0.6) is 0 Å². The van der Waals surface area contributed by atoms with Gasteiger partial charge in [0.15, 0.2) is 6.04 Å². The Hall–Kier alpha value is -2.73. The first kappa shape index (κ1) is 20.6. The van der Waals surface area contributed by atoms with Crippen molar-refractivity contribution in [1.29, 1.82) is 0 Å². The van der Waals surface area contributed by atoms with Gasteiger partial charge in [-0.3, -0.25) is 9.59 Å². The van der Waals surface area contributed by atoms with Crippen LogP contribution in [0.2, 0.25) is 0 Å². The summed E-state index contributed by atoms with van der Waals surface area (Å²) in [5, 5.41) is 5.52. The summed E-state index contributed by atoms with van der Waals surface area (Å²) in [5.74, 6) is -0.781. The van der Waals surface area contributed by atoms with Crippen molar-refractivity contribution >= 4 is 17.5 Å². The highest BCUT2D eigenvalue weighted by atomic mass is 19.1. The highest BCUT2D eigenvalue weighted by Gasteiger charge is 2.22. The largest absolute Gasteiger partial charge is 0.342 e. The lowest BCUT2D eigenvalue weighted by Gasteiger charge is -2.21. The van der Waals surface area contributed by atoms with E-state index in [1.54, 1.807) is 13.0 Å². The van der Waals surface area contributed by atoms with E-state index < -0.39 is 0 Å². The molecule has 0 aliphatic rings. The number of para-hydroxylation sites is 1. The van der Waals surface area contributed by atoms with E-state index in [-0.39, 0.29) is 30.2 Å². The number of anilines is 1. The summed E-state index contributed by atoms with van der Waals surface area (Å²) in [4.78, 5) is 25.4. The van der Waals surface area contributed by atoms with Crippen LogP contribution in [0.4, 0.5) is 10.1 Å². The van der Waals surface area contributed by atoms with Gasteiger partial charge in [0.1, 0.15) is 12.4 Å². The van der Waals surface area contributed by atoms with Crippen molar-refractivity contribution in [2.75, 3.05) is 18.9 Å². The summed E-state index contributed by atoms with van der Waals surface area (Å²) in [7, 11) is 1.87. The molecule has 3 N–H and O–H groups in total. The number of amides is 2. The van der Waals surface area contributed by atoms with Gasteiger partial charge in [-0.05, 0) is 44.0 Å². The maximum Gasteiger partial charge on any atom is 0.278 e. The third kappa shape index (κ3) is 5.89. The molecule has 2 aromatic rings. The first-order chi connectivity index (χ1) is 12.8. The van der Waals surface area contributed by atoms with Gasteiger partial charge in [-0.2, -0.15) is 0 Å². The first-order valence-electron chi connectivity index (χ1n) is 8.98. The SMILES string of the molecule is Cc1cccc(C)c1NC(=O)CNC(=O)[C@@H](C)[NH+](C)Cc1cccc(F)c1. The summed E-state index contributed by atoms with van der Waals surface area (Å²) < 4.78 is 13.3. The second-order valence-electron chi connectivity index (χ2n) is 6.91. The number of likely N-dealkylation sites (N-methyl/N-ethyl adjacent to an activating group) is 1. The van der Waals surface area contributed by atoms with Crippen LogP contribution in [0.25, 0.3) is 0 Å². The molecule has 27 heavy (non-hydrogen) atoms. The Morgan fingerprint density at radius 3 is 2.37 bits per heavy atom. The number of rotatable bonds is 7. The van der Waals surface area contributed by atoms with E-state index in [9.17, 15) is 14.0 Å². The molecule has 0 bridgehead atoms. The third-order valence-corrected chi connectivity index (χ3v) is 4.67. The number of hydrogen-bond donors (Lipinski definition) is 3. The molecule has 2 aromatic carbocycles. The van der Waals surface area contributed by atoms with Crippen molar-refractivity contribution in [2.24, 2.45) is 0 Å². The smallest absolute Gasteiger partial charge is 0.278 e. The number of carbonyl (C=O) groups is 2. The average molecular weight is 372 g/mol. The van der Waals surface area contributed by atoms with Gasteiger partial charge in [-0.25, -0.2) is 4.39 Å². The van der Waals surface area contributed by atoms with E-state index in [1.165, 1.54) is 12.1 Å². The molecule has 0 radical (unpaired) electrons. The summed E-state index contributed by atoms with van der Waals surface area (Å²) in [6.07, 6.45) is 0. The highest BCUT2D eigenvalue weighted by Crippen LogP contribution is 2.18. The minimum Gasteiger partial charge on any atom is -0.342 e. The molecule has 0 aliphatic carbocycles. The topological polar surface area (TPSA) is 62.6 Å². The molecule has 5 nitrogen and oxygen atoms in total. The minimum atomic E-state index is -0.374. The second-order valence-corrected chi connectivity index (χ2v) is 6.91. The predicted molar refractivity (Wildman–Crippen MR) is 104 cm³/mol. The van der Waals surface area contributed by atoms with Crippen LogP contribution in [-0.4, -0.2) is 31.4 Å². The van der Waals surface area contributed by atoms with Crippen LogP contribution < -0.4 is 15.5 Å². The van der Waals surface area contributed by atoms with Crippen molar-refractivity contribution in [3.63, 3.8) is 0 Å². The Morgan fingerprint density at radius 2 is 1.74 bits per heavy atom. The van der Waals surface area contributed by atoms with E-state index in [0.717, 1.165) is 27.3 Å². The van der Waals surface area contributed by atoms with Crippen LogP contribution in [0.1, 0.15) is 23.6 Å². The van der Waals surface area contributed by atoms with Gasteiger partial charge in [-0.15, -0.1) is 0 Å². The molecule has 0 fully saturated rings. The number of benzene rings is 2. The van der Waals surface area contributed by atoms with Crippen LogP contribution in [0, 0.1) is 19.7 Å².